The standard InChI is InChI=1S/C24H25N5O2.3C2HF3O2/c30-23-24(31-13-12-29(23)15-19-6-10-25-11-7-19)18-28(16-21-5-1-2-9-27-21)17-22(24)20-4-3-8-26-14-20;3*3-2(4,5)1(6)7/h1-11,14,22H,12-13,15-18H2;3*(H,6,7). The first-order valence-electron chi connectivity index (χ1n) is 14.3. The Kier molecular flexibility index (Phi) is 15.0. The summed E-state index contributed by atoms with van der Waals surface area (Å²) in [4.78, 5) is 57.6. The Labute approximate surface area is 287 Å². The lowest BCUT2D eigenvalue weighted by Crippen LogP contribution is -2.59. The highest BCUT2D eigenvalue weighted by Gasteiger charge is 2.57. The third-order valence-corrected chi connectivity index (χ3v) is 6.88. The van der Waals surface area contributed by atoms with Gasteiger partial charge in [-0.25, -0.2) is 14.4 Å². The first kappa shape index (κ1) is 42.8. The zero-order valence-corrected chi connectivity index (χ0v) is 26.3. The van der Waals surface area contributed by atoms with Gasteiger partial charge >= 0.3 is 36.4 Å². The molecule has 0 aliphatic carbocycles. The quantitative estimate of drug-likeness (QED) is 0.317. The van der Waals surface area contributed by atoms with Gasteiger partial charge in [-0.15, -0.1) is 0 Å². The van der Waals surface area contributed by atoms with E-state index in [0.29, 0.717) is 32.8 Å². The molecular formula is C30H28F9N5O8. The van der Waals surface area contributed by atoms with Crippen LogP contribution in [0.2, 0.25) is 0 Å². The van der Waals surface area contributed by atoms with E-state index >= 15 is 0 Å². The van der Waals surface area contributed by atoms with Gasteiger partial charge in [0.1, 0.15) is 0 Å². The van der Waals surface area contributed by atoms with Gasteiger partial charge < -0.3 is 25.0 Å². The van der Waals surface area contributed by atoms with E-state index in [1.165, 1.54) is 0 Å². The maximum Gasteiger partial charge on any atom is 0.490 e. The molecule has 3 aromatic rings. The third kappa shape index (κ3) is 13.1. The van der Waals surface area contributed by atoms with Crippen LogP contribution < -0.4 is 0 Å². The van der Waals surface area contributed by atoms with Gasteiger partial charge in [-0.3, -0.25) is 24.6 Å². The van der Waals surface area contributed by atoms with E-state index in [1.807, 2.05) is 53.6 Å². The van der Waals surface area contributed by atoms with E-state index in [2.05, 4.69) is 19.9 Å². The number of carboxylic acids is 3. The Morgan fingerprint density at radius 1 is 0.769 bits per heavy atom. The lowest BCUT2D eigenvalue weighted by atomic mass is 9.83. The highest BCUT2D eigenvalue weighted by molar-refractivity contribution is 5.88. The molecule has 2 aliphatic heterocycles. The Balaban J connectivity index is 0.000000365. The molecule has 3 N–H and O–H groups in total. The summed E-state index contributed by atoms with van der Waals surface area (Å²) in [7, 11) is 0. The Hall–Kier alpha value is -5.38. The number of rotatable bonds is 5. The maximum absolute atomic E-state index is 13.9. The van der Waals surface area contributed by atoms with Crippen molar-refractivity contribution < 1.29 is 78.7 Å². The minimum absolute atomic E-state index is 0.0490. The number of ether oxygens (including phenoxy) is 1. The number of hydrogen-bond acceptors (Lipinski definition) is 9. The number of aliphatic carboxylic acids is 3. The number of carboxylic acid groups (broad SMARTS) is 3. The molecule has 0 aromatic carbocycles. The molecule has 22 heteroatoms. The smallest absolute Gasteiger partial charge is 0.475 e. The minimum atomic E-state index is -5.08. The second-order valence-corrected chi connectivity index (χ2v) is 10.6. The highest BCUT2D eigenvalue weighted by atomic mass is 19.4. The van der Waals surface area contributed by atoms with Crippen LogP contribution in [0.25, 0.3) is 0 Å². The predicted octanol–water partition coefficient (Wildman–Crippen LogP) is 4.17. The first-order chi connectivity index (χ1) is 24.1. The van der Waals surface area contributed by atoms with E-state index in [1.54, 1.807) is 24.8 Å². The van der Waals surface area contributed by atoms with Crippen molar-refractivity contribution in [3.8, 4) is 0 Å². The van der Waals surface area contributed by atoms with E-state index in [-0.39, 0.29) is 11.8 Å². The van der Waals surface area contributed by atoms with E-state index in [9.17, 15) is 44.3 Å². The van der Waals surface area contributed by atoms with Crippen LogP contribution in [0.5, 0.6) is 0 Å². The normalized spacial score (nSPS) is 18.9. The van der Waals surface area contributed by atoms with Crippen LogP contribution in [0.1, 0.15) is 22.7 Å². The molecule has 5 rings (SSSR count). The number of morpholine rings is 1. The van der Waals surface area contributed by atoms with Crippen LogP contribution in [0.4, 0.5) is 39.5 Å². The topological polar surface area (TPSA) is 183 Å². The molecule has 0 bridgehead atoms. The van der Waals surface area contributed by atoms with Crippen molar-refractivity contribution in [2.75, 3.05) is 26.2 Å². The van der Waals surface area contributed by atoms with Crippen LogP contribution in [-0.4, -0.2) is 114 Å². The zero-order chi connectivity index (χ0) is 39.3. The molecule has 0 radical (unpaired) electrons. The maximum atomic E-state index is 13.9. The van der Waals surface area contributed by atoms with Gasteiger partial charge in [-0.1, -0.05) is 12.1 Å². The Morgan fingerprint density at radius 3 is 1.79 bits per heavy atom. The number of alkyl halides is 9. The molecule has 2 unspecified atom stereocenters. The summed E-state index contributed by atoms with van der Waals surface area (Å²) in [5.74, 6) is -8.31. The molecule has 0 saturated carbocycles. The summed E-state index contributed by atoms with van der Waals surface area (Å²) >= 11 is 0. The molecule has 13 nitrogen and oxygen atoms in total. The minimum Gasteiger partial charge on any atom is -0.475 e. The van der Waals surface area contributed by atoms with Crippen molar-refractivity contribution in [3.63, 3.8) is 0 Å². The second-order valence-electron chi connectivity index (χ2n) is 10.6. The van der Waals surface area contributed by atoms with Crippen LogP contribution in [0, 0.1) is 0 Å². The first-order valence-corrected chi connectivity index (χ1v) is 14.3. The number of likely N-dealkylation sites (tertiary alicyclic amines) is 1. The van der Waals surface area contributed by atoms with Gasteiger partial charge in [0.15, 0.2) is 5.60 Å². The summed E-state index contributed by atoms with van der Waals surface area (Å²) in [5, 5.41) is 21.4. The van der Waals surface area contributed by atoms with E-state index < -0.39 is 42.0 Å². The van der Waals surface area contributed by atoms with Gasteiger partial charge in [0.05, 0.1) is 12.3 Å². The SMILES string of the molecule is O=C(O)C(F)(F)F.O=C(O)C(F)(F)F.O=C(O)C(F)(F)F.O=C1N(Cc2ccncc2)CCOC12CN(Cc1ccccn1)CC2c1cccnc1. The molecule has 52 heavy (non-hydrogen) atoms. The van der Waals surface area contributed by atoms with Crippen LogP contribution >= 0.6 is 0 Å². The summed E-state index contributed by atoms with van der Waals surface area (Å²) in [5.41, 5.74) is 2.18. The molecule has 5 heterocycles. The van der Waals surface area contributed by atoms with Gasteiger partial charge in [0, 0.05) is 69.6 Å². The fourth-order valence-corrected chi connectivity index (χ4v) is 4.70. The number of aromatic nitrogens is 3. The molecule has 2 saturated heterocycles. The second kappa shape index (κ2) is 18.2. The predicted molar refractivity (Wildman–Crippen MR) is 156 cm³/mol. The average molecular weight is 758 g/mol. The van der Waals surface area contributed by atoms with E-state index in [4.69, 9.17) is 34.4 Å². The monoisotopic (exact) mass is 757 g/mol. The number of amides is 1. The Morgan fingerprint density at radius 2 is 1.33 bits per heavy atom. The molecule has 2 atom stereocenters. The molecule has 1 spiro atoms. The number of halogens is 9. The van der Waals surface area contributed by atoms with Crippen LogP contribution in [-0.2, 0) is 37.0 Å². The number of carbonyl (C=O) groups is 4. The van der Waals surface area contributed by atoms with Gasteiger partial charge in [0.25, 0.3) is 5.91 Å². The largest absolute Gasteiger partial charge is 0.490 e. The van der Waals surface area contributed by atoms with Gasteiger partial charge in [0.2, 0.25) is 0 Å². The summed E-state index contributed by atoms with van der Waals surface area (Å²) in [6.07, 6.45) is -6.30. The number of pyridine rings is 3. The molecule has 284 valence electrons. The summed E-state index contributed by atoms with van der Waals surface area (Å²) in [6, 6.07) is 13.8. The van der Waals surface area contributed by atoms with Crippen molar-refractivity contribution in [2.45, 2.75) is 43.1 Å². The molecule has 2 fully saturated rings. The van der Waals surface area contributed by atoms with Crippen LogP contribution in [0.3, 0.4) is 0 Å². The fraction of sp³-hybridized carbons (Fsp3) is 0.367. The van der Waals surface area contributed by atoms with Crippen molar-refractivity contribution in [3.05, 3.63) is 90.3 Å². The average Bonchev–Trinajstić information content (AvgIpc) is 3.42. The summed E-state index contributed by atoms with van der Waals surface area (Å²) in [6.45, 7) is 3.60. The van der Waals surface area contributed by atoms with Crippen molar-refractivity contribution >= 4 is 23.8 Å². The molecule has 1 amide bonds. The fourth-order valence-electron chi connectivity index (χ4n) is 4.70. The number of carbonyl (C=O) groups excluding carboxylic acids is 1. The van der Waals surface area contributed by atoms with Crippen molar-refractivity contribution in [2.24, 2.45) is 0 Å². The van der Waals surface area contributed by atoms with E-state index in [0.717, 1.165) is 23.4 Å². The lowest BCUT2D eigenvalue weighted by molar-refractivity contribution is -0.193. The number of hydrogen-bond donors (Lipinski definition) is 3. The lowest BCUT2D eigenvalue weighted by Gasteiger charge is -2.42. The van der Waals surface area contributed by atoms with Crippen molar-refractivity contribution in [1.82, 2.24) is 24.8 Å². The third-order valence-electron chi connectivity index (χ3n) is 6.88. The van der Waals surface area contributed by atoms with Crippen LogP contribution in [0.15, 0.2) is 73.4 Å². The molecule has 3 aromatic heterocycles. The van der Waals surface area contributed by atoms with Gasteiger partial charge in [-0.2, -0.15) is 39.5 Å². The van der Waals surface area contributed by atoms with Gasteiger partial charge in [-0.05, 0) is 41.5 Å². The molecule has 2 aliphatic rings. The summed E-state index contributed by atoms with van der Waals surface area (Å²) < 4.78 is 102. The highest BCUT2D eigenvalue weighted by Crippen LogP contribution is 2.42. The Bertz CT molecular complexity index is 1560. The van der Waals surface area contributed by atoms with Crippen molar-refractivity contribution in [1.29, 1.82) is 0 Å². The number of nitrogens with zero attached hydrogens (tertiary/aromatic N) is 5. The zero-order valence-electron chi connectivity index (χ0n) is 26.3. The molecular weight excluding hydrogens is 729 g/mol.